The molecule has 0 saturated carbocycles. The van der Waals surface area contributed by atoms with Gasteiger partial charge in [0.1, 0.15) is 11.5 Å². The molecule has 0 spiro atoms. The Morgan fingerprint density at radius 2 is 2.12 bits per heavy atom. The molecule has 1 heterocycles. The van der Waals surface area contributed by atoms with Crippen LogP contribution in [-0.2, 0) is 6.54 Å². The lowest BCUT2D eigenvalue weighted by molar-refractivity contribution is 0.317. The Morgan fingerprint density at radius 1 is 1.38 bits per heavy atom. The molecule has 2 aromatic rings. The standard InChI is InChI=1S/C11H10FN3O/c12-10-3-1-9(2-4-10)11(14-16)7-15-6-5-13-8-15/h1-6,8,16H,7H2/b14-11+. The molecule has 1 aromatic carbocycles. The fourth-order valence-electron chi connectivity index (χ4n) is 1.38. The summed E-state index contributed by atoms with van der Waals surface area (Å²) in [5.74, 6) is -0.316. The van der Waals surface area contributed by atoms with Crippen molar-refractivity contribution in [2.75, 3.05) is 0 Å². The van der Waals surface area contributed by atoms with Gasteiger partial charge in [-0.2, -0.15) is 0 Å². The quantitative estimate of drug-likeness (QED) is 0.487. The third kappa shape index (κ3) is 2.25. The third-order valence-corrected chi connectivity index (χ3v) is 2.19. The van der Waals surface area contributed by atoms with Crippen LogP contribution in [0, 0.1) is 5.82 Å². The van der Waals surface area contributed by atoms with Crippen LogP contribution in [0.2, 0.25) is 0 Å². The molecule has 5 heteroatoms. The second kappa shape index (κ2) is 4.57. The number of halogens is 1. The van der Waals surface area contributed by atoms with Gasteiger partial charge in [0.15, 0.2) is 0 Å². The van der Waals surface area contributed by atoms with Crippen molar-refractivity contribution in [1.82, 2.24) is 9.55 Å². The highest BCUT2D eigenvalue weighted by molar-refractivity contribution is 5.99. The van der Waals surface area contributed by atoms with Gasteiger partial charge in [0.2, 0.25) is 0 Å². The van der Waals surface area contributed by atoms with Gasteiger partial charge in [-0.1, -0.05) is 17.3 Å². The van der Waals surface area contributed by atoms with E-state index in [4.69, 9.17) is 5.21 Å². The van der Waals surface area contributed by atoms with Crippen LogP contribution in [0.5, 0.6) is 0 Å². The molecule has 4 nitrogen and oxygen atoms in total. The number of hydrogen-bond acceptors (Lipinski definition) is 3. The number of aromatic nitrogens is 2. The second-order valence-electron chi connectivity index (χ2n) is 3.29. The zero-order valence-corrected chi connectivity index (χ0v) is 8.42. The summed E-state index contributed by atoms with van der Waals surface area (Å²) in [6.07, 6.45) is 5.02. The van der Waals surface area contributed by atoms with E-state index in [0.29, 0.717) is 17.8 Å². The lowest BCUT2D eigenvalue weighted by atomic mass is 10.1. The first-order chi connectivity index (χ1) is 7.79. The van der Waals surface area contributed by atoms with Gasteiger partial charge in [-0.05, 0) is 12.1 Å². The van der Waals surface area contributed by atoms with Crippen LogP contribution in [0.25, 0.3) is 0 Å². The molecule has 0 saturated heterocycles. The fraction of sp³-hybridized carbons (Fsp3) is 0.0909. The summed E-state index contributed by atoms with van der Waals surface area (Å²) in [6.45, 7) is 0.391. The summed E-state index contributed by atoms with van der Waals surface area (Å²) in [6, 6.07) is 5.80. The molecule has 0 fully saturated rings. The molecule has 1 N–H and O–H groups in total. The molecule has 0 aliphatic rings. The van der Waals surface area contributed by atoms with Crippen LogP contribution < -0.4 is 0 Å². The Labute approximate surface area is 91.7 Å². The zero-order chi connectivity index (χ0) is 11.4. The molecule has 16 heavy (non-hydrogen) atoms. The van der Waals surface area contributed by atoms with Gasteiger partial charge in [0.05, 0.1) is 12.9 Å². The van der Waals surface area contributed by atoms with Crippen molar-refractivity contribution in [3.05, 3.63) is 54.4 Å². The molecule has 0 unspecified atom stereocenters. The zero-order valence-electron chi connectivity index (χ0n) is 8.42. The lowest BCUT2D eigenvalue weighted by Crippen LogP contribution is -2.10. The first-order valence-electron chi connectivity index (χ1n) is 4.72. The van der Waals surface area contributed by atoms with Gasteiger partial charge >= 0.3 is 0 Å². The first-order valence-corrected chi connectivity index (χ1v) is 4.72. The number of imidazole rings is 1. The van der Waals surface area contributed by atoms with Gasteiger partial charge in [-0.3, -0.25) is 0 Å². The minimum absolute atomic E-state index is 0.316. The molecular weight excluding hydrogens is 209 g/mol. The highest BCUT2D eigenvalue weighted by Crippen LogP contribution is 2.06. The summed E-state index contributed by atoms with van der Waals surface area (Å²) in [5.41, 5.74) is 1.13. The number of nitrogens with zero attached hydrogens (tertiary/aromatic N) is 3. The summed E-state index contributed by atoms with van der Waals surface area (Å²) >= 11 is 0. The van der Waals surface area contributed by atoms with E-state index in [1.807, 2.05) is 0 Å². The molecule has 2 rings (SSSR count). The predicted molar refractivity (Wildman–Crippen MR) is 57.0 cm³/mol. The summed E-state index contributed by atoms with van der Waals surface area (Å²) in [4.78, 5) is 3.88. The van der Waals surface area contributed by atoms with Crippen molar-refractivity contribution in [1.29, 1.82) is 0 Å². The van der Waals surface area contributed by atoms with Gasteiger partial charge < -0.3 is 9.77 Å². The van der Waals surface area contributed by atoms with Crippen molar-refractivity contribution in [2.45, 2.75) is 6.54 Å². The smallest absolute Gasteiger partial charge is 0.123 e. The van der Waals surface area contributed by atoms with Gasteiger partial charge in [0.25, 0.3) is 0 Å². The topological polar surface area (TPSA) is 50.4 Å². The molecule has 0 amide bonds. The minimum Gasteiger partial charge on any atom is -0.411 e. The van der Waals surface area contributed by atoms with E-state index in [1.54, 1.807) is 35.4 Å². The SMILES string of the molecule is O/N=C(\Cn1ccnc1)c1ccc(F)cc1. The Kier molecular flexibility index (Phi) is 2.95. The Morgan fingerprint density at radius 3 is 2.69 bits per heavy atom. The Bertz CT molecular complexity index is 476. The summed E-state index contributed by atoms with van der Waals surface area (Å²) in [5, 5.41) is 12.1. The van der Waals surface area contributed by atoms with E-state index < -0.39 is 0 Å². The van der Waals surface area contributed by atoms with Crippen LogP contribution in [0.1, 0.15) is 5.56 Å². The maximum absolute atomic E-state index is 12.7. The molecule has 1 aromatic heterocycles. The molecular formula is C11H10FN3O. The van der Waals surface area contributed by atoms with Crippen molar-refractivity contribution >= 4 is 5.71 Å². The maximum atomic E-state index is 12.7. The number of rotatable bonds is 3. The minimum atomic E-state index is -0.316. The number of hydrogen-bond donors (Lipinski definition) is 1. The van der Waals surface area contributed by atoms with Crippen LogP contribution in [-0.4, -0.2) is 20.5 Å². The van der Waals surface area contributed by atoms with E-state index in [1.165, 1.54) is 12.1 Å². The van der Waals surface area contributed by atoms with E-state index in [9.17, 15) is 4.39 Å². The maximum Gasteiger partial charge on any atom is 0.123 e. The fourth-order valence-corrected chi connectivity index (χ4v) is 1.38. The molecule has 0 aliphatic heterocycles. The average molecular weight is 219 g/mol. The molecule has 82 valence electrons. The average Bonchev–Trinajstić information content (AvgIpc) is 2.80. The summed E-state index contributed by atoms with van der Waals surface area (Å²) < 4.78 is 14.5. The van der Waals surface area contributed by atoms with Crippen molar-refractivity contribution in [3.8, 4) is 0 Å². The molecule has 0 radical (unpaired) electrons. The number of oxime groups is 1. The molecule has 0 aliphatic carbocycles. The molecule has 0 atom stereocenters. The van der Waals surface area contributed by atoms with E-state index in [-0.39, 0.29) is 5.82 Å². The monoisotopic (exact) mass is 219 g/mol. The van der Waals surface area contributed by atoms with E-state index in [0.717, 1.165) is 0 Å². The lowest BCUT2D eigenvalue weighted by Gasteiger charge is -2.05. The normalized spacial score (nSPS) is 11.7. The van der Waals surface area contributed by atoms with E-state index >= 15 is 0 Å². The van der Waals surface area contributed by atoms with Gasteiger partial charge in [0, 0.05) is 18.0 Å². The van der Waals surface area contributed by atoms with Crippen LogP contribution >= 0.6 is 0 Å². The Hall–Kier alpha value is -2.17. The van der Waals surface area contributed by atoms with Crippen molar-refractivity contribution in [2.24, 2.45) is 5.16 Å². The van der Waals surface area contributed by atoms with Crippen molar-refractivity contribution in [3.63, 3.8) is 0 Å². The summed E-state index contributed by atoms with van der Waals surface area (Å²) in [7, 11) is 0. The van der Waals surface area contributed by atoms with Crippen LogP contribution in [0.15, 0.2) is 48.1 Å². The highest BCUT2D eigenvalue weighted by Gasteiger charge is 2.05. The van der Waals surface area contributed by atoms with Crippen molar-refractivity contribution < 1.29 is 9.60 Å². The Balaban J connectivity index is 2.20. The molecule has 0 bridgehead atoms. The van der Waals surface area contributed by atoms with Gasteiger partial charge in [-0.25, -0.2) is 9.37 Å². The van der Waals surface area contributed by atoms with E-state index in [2.05, 4.69) is 10.1 Å². The van der Waals surface area contributed by atoms with Gasteiger partial charge in [-0.15, -0.1) is 0 Å². The van der Waals surface area contributed by atoms with Crippen LogP contribution in [0.4, 0.5) is 4.39 Å². The second-order valence-corrected chi connectivity index (χ2v) is 3.29. The predicted octanol–water partition coefficient (Wildman–Crippen LogP) is 1.90. The first kappa shape index (κ1) is 10.4. The largest absolute Gasteiger partial charge is 0.411 e. The van der Waals surface area contributed by atoms with Crippen LogP contribution in [0.3, 0.4) is 0 Å². The number of benzene rings is 1. The highest BCUT2D eigenvalue weighted by atomic mass is 19.1. The third-order valence-electron chi connectivity index (χ3n) is 2.19.